The molecule has 4 rings (SSSR count). The third-order valence-electron chi connectivity index (χ3n) is 7.04. The summed E-state index contributed by atoms with van der Waals surface area (Å²) < 4.78 is 48.1. The van der Waals surface area contributed by atoms with Gasteiger partial charge in [0.05, 0.1) is 12.2 Å². The van der Waals surface area contributed by atoms with E-state index in [1.54, 1.807) is 77.9 Å². The Morgan fingerprint density at radius 1 is 0.872 bits per heavy atom. The van der Waals surface area contributed by atoms with E-state index in [-0.39, 0.29) is 35.3 Å². The highest BCUT2D eigenvalue weighted by Crippen LogP contribution is 2.31. The fourth-order valence-corrected chi connectivity index (χ4v) is 6.27. The number of pyridine rings is 2. The zero-order valence-corrected chi connectivity index (χ0v) is 28.0. The van der Waals surface area contributed by atoms with Gasteiger partial charge >= 0.3 is 12.1 Å². The lowest BCUT2D eigenvalue weighted by molar-refractivity contribution is -0.141. The summed E-state index contributed by atoms with van der Waals surface area (Å²) >= 11 is 0. The summed E-state index contributed by atoms with van der Waals surface area (Å²) in [7, 11) is -4.10. The Morgan fingerprint density at radius 2 is 1.49 bits per heavy atom. The van der Waals surface area contributed by atoms with Crippen LogP contribution in [0.4, 0.5) is 15.0 Å². The molecule has 4 aromatic rings. The molecule has 2 aromatic carbocycles. The van der Waals surface area contributed by atoms with Crippen molar-refractivity contribution >= 4 is 27.9 Å². The van der Waals surface area contributed by atoms with Gasteiger partial charge in [-0.1, -0.05) is 63.2 Å². The third-order valence-corrected chi connectivity index (χ3v) is 8.82. The Balaban J connectivity index is 1.73. The molecule has 0 radical (unpaired) electrons. The molecule has 0 bridgehead atoms. The summed E-state index contributed by atoms with van der Waals surface area (Å²) in [6, 6.07) is 19.6. The van der Waals surface area contributed by atoms with Crippen LogP contribution in [0.2, 0.25) is 0 Å². The molecule has 1 amide bonds. The number of carboxylic acid groups (broad SMARTS) is 1. The molecule has 0 fully saturated rings. The van der Waals surface area contributed by atoms with Crippen molar-refractivity contribution in [1.82, 2.24) is 14.3 Å². The molecule has 1 unspecified atom stereocenters. The highest BCUT2D eigenvalue weighted by molar-refractivity contribution is 7.89. The predicted octanol–water partition coefficient (Wildman–Crippen LogP) is 6.91. The molecule has 1 N–H and O–H groups in total. The quantitative estimate of drug-likeness (QED) is 0.194. The Kier molecular flexibility index (Phi) is 10.5. The van der Waals surface area contributed by atoms with Crippen LogP contribution in [0.15, 0.2) is 96.2 Å². The number of hydrogen-bond acceptors (Lipinski definition) is 7. The van der Waals surface area contributed by atoms with Gasteiger partial charge in [0.2, 0.25) is 10.0 Å². The second-order valence-corrected chi connectivity index (χ2v) is 15.0. The number of aromatic nitrogens is 2. The van der Waals surface area contributed by atoms with Crippen LogP contribution < -0.4 is 4.90 Å². The summed E-state index contributed by atoms with van der Waals surface area (Å²) in [5, 5.41) is 10.2. The first-order valence-corrected chi connectivity index (χ1v) is 16.4. The number of carbonyl (C=O) groups excluding carboxylic acids is 1. The van der Waals surface area contributed by atoms with E-state index < -0.39 is 39.1 Å². The molecule has 0 saturated carbocycles. The summed E-state index contributed by atoms with van der Waals surface area (Å²) in [4.78, 5) is 35.6. The number of ether oxygens (including phenoxy) is 1. The van der Waals surface area contributed by atoms with Gasteiger partial charge < -0.3 is 9.84 Å². The predicted molar refractivity (Wildman–Crippen MR) is 176 cm³/mol. The van der Waals surface area contributed by atoms with E-state index >= 15 is 0 Å². The zero-order valence-electron chi connectivity index (χ0n) is 27.2. The number of carboxylic acids is 1. The molecule has 0 saturated heterocycles. The van der Waals surface area contributed by atoms with E-state index in [1.807, 2.05) is 12.1 Å². The van der Waals surface area contributed by atoms with Crippen molar-refractivity contribution in [3.63, 3.8) is 0 Å². The topological polar surface area (TPSA) is 130 Å². The Hall–Kier alpha value is -4.68. The molecular weight excluding hydrogens is 623 g/mol. The van der Waals surface area contributed by atoms with Crippen molar-refractivity contribution in [2.45, 2.75) is 71.2 Å². The van der Waals surface area contributed by atoms with Gasteiger partial charge in [-0.05, 0) is 79.3 Å². The lowest BCUT2D eigenvalue weighted by atomic mass is 9.85. The van der Waals surface area contributed by atoms with Gasteiger partial charge in [-0.25, -0.2) is 32.3 Å². The van der Waals surface area contributed by atoms with Crippen molar-refractivity contribution in [1.29, 1.82) is 0 Å². The van der Waals surface area contributed by atoms with Crippen LogP contribution in [0.5, 0.6) is 0 Å². The van der Waals surface area contributed by atoms with E-state index in [1.165, 1.54) is 47.0 Å². The molecule has 10 nitrogen and oxygen atoms in total. The molecule has 0 aliphatic heterocycles. The molecule has 12 heteroatoms. The second kappa shape index (κ2) is 14.0. The number of amides is 1. The van der Waals surface area contributed by atoms with E-state index in [4.69, 9.17) is 4.74 Å². The maximum Gasteiger partial charge on any atom is 0.416 e. The van der Waals surface area contributed by atoms with Gasteiger partial charge in [0.15, 0.2) is 0 Å². The number of nitrogens with zero attached hydrogens (tertiary/aromatic N) is 4. The average molecular weight is 663 g/mol. The number of hydrogen-bond donors (Lipinski definition) is 1. The van der Waals surface area contributed by atoms with Crippen molar-refractivity contribution < 1.29 is 32.2 Å². The van der Waals surface area contributed by atoms with Gasteiger partial charge in [0.25, 0.3) is 0 Å². The number of halogens is 1. The van der Waals surface area contributed by atoms with Crippen molar-refractivity contribution in [3.05, 3.63) is 108 Å². The van der Waals surface area contributed by atoms with Gasteiger partial charge in [0.1, 0.15) is 28.2 Å². The van der Waals surface area contributed by atoms with Crippen LogP contribution in [-0.4, -0.2) is 51.5 Å². The first-order valence-electron chi connectivity index (χ1n) is 14.9. The fourth-order valence-electron chi connectivity index (χ4n) is 4.90. The summed E-state index contributed by atoms with van der Waals surface area (Å²) in [5.41, 5.74) is 0.741. The average Bonchev–Trinajstić information content (AvgIpc) is 2.99. The van der Waals surface area contributed by atoms with Crippen LogP contribution in [0.3, 0.4) is 0 Å². The molecule has 0 aliphatic rings. The molecular formula is C35H39FN4O6S. The van der Waals surface area contributed by atoms with E-state index in [0.717, 1.165) is 16.0 Å². The highest BCUT2D eigenvalue weighted by Gasteiger charge is 2.42. The zero-order chi connectivity index (χ0) is 34.6. The number of anilines is 1. The summed E-state index contributed by atoms with van der Waals surface area (Å²) in [6.45, 7) is 9.85. The SMILES string of the molecule is CC(C)(C)OC(=O)N(c1cccc(CN(Cc2ccc(-c3ccc(F)cc3)cc2)S(=O)(=O)c2cccnc2)n1)C(C(=O)O)C(C)(C)C. The standard InChI is InChI=1S/C35H39FN4O6S/c1-34(2,3)31(32(41)42)40(33(43)46-35(4,5)6)30-11-7-9-28(38-30)23-39(47(44,45)29-10-8-20-37-21-29)22-24-12-14-25(15-13-24)26-16-18-27(36)19-17-26/h7-21,31H,22-23H2,1-6H3,(H,41,42). The minimum Gasteiger partial charge on any atom is -0.480 e. The molecule has 0 spiro atoms. The molecule has 248 valence electrons. The minimum atomic E-state index is -4.10. The molecule has 2 heterocycles. The Bertz CT molecular complexity index is 1800. The first-order chi connectivity index (χ1) is 22.0. The number of aliphatic carboxylic acids is 1. The fraction of sp³-hybridized carbons (Fsp3) is 0.314. The van der Waals surface area contributed by atoms with Gasteiger partial charge in [-0.15, -0.1) is 0 Å². The van der Waals surface area contributed by atoms with Crippen LogP contribution in [-0.2, 0) is 32.6 Å². The van der Waals surface area contributed by atoms with Crippen molar-refractivity contribution in [2.24, 2.45) is 5.41 Å². The Morgan fingerprint density at radius 3 is 2.02 bits per heavy atom. The van der Waals surface area contributed by atoms with Crippen molar-refractivity contribution in [2.75, 3.05) is 4.90 Å². The highest BCUT2D eigenvalue weighted by atomic mass is 32.2. The number of benzene rings is 2. The van der Waals surface area contributed by atoms with Gasteiger partial charge in [0, 0.05) is 18.9 Å². The summed E-state index contributed by atoms with van der Waals surface area (Å²) in [6.07, 6.45) is 1.84. The van der Waals surface area contributed by atoms with E-state index in [0.29, 0.717) is 5.56 Å². The van der Waals surface area contributed by atoms with E-state index in [2.05, 4.69) is 9.97 Å². The largest absolute Gasteiger partial charge is 0.480 e. The Labute approximate surface area is 274 Å². The lowest BCUT2D eigenvalue weighted by Gasteiger charge is -2.37. The monoisotopic (exact) mass is 662 g/mol. The normalized spacial score (nSPS) is 12.9. The number of sulfonamides is 1. The molecule has 1 atom stereocenters. The summed E-state index contributed by atoms with van der Waals surface area (Å²) in [5.74, 6) is -1.59. The van der Waals surface area contributed by atoms with Crippen LogP contribution in [0, 0.1) is 11.2 Å². The van der Waals surface area contributed by atoms with Gasteiger partial charge in [-0.2, -0.15) is 4.31 Å². The van der Waals surface area contributed by atoms with Gasteiger partial charge in [-0.3, -0.25) is 4.98 Å². The van der Waals surface area contributed by atoms with E-state index in [9.17, 15) is 27.5 Å². The van der Waals surface area contributed by atoms with Crippen LogP contribution in [0.1, 0.15) is 52.8 Å². The molecule has 0 aliphatic carbocycles. The third kappa shape index (κ3) is 8.99. The second-order valence-electron chi connectivity index (χ2n) is 13.1. The number of carbonyl (C=O) groups is 2. The lowest BCUT2D eigenvalue weighted by Crippen LogP contribution is -2.54. The van der Waals surface area contributed by atoms with Crippen LogP contribution in [0.25, 0.3) is 11.1 Å². The maximum absolute atomic E-state index is 13.9. The first kappa shape index (κ1) is 35.2. The smallest absolute Gasteiger partial charge is 0.416 e. The molecule has 47 heavy (non-hydrogen) atoms. The van der Waals surface area contributed by atoms with Crippen LogP contribution >= 0.6 is 0 Å². The number of rotatable bonds is 10. The molecule has 2 aromatic heterocycles. The van der Waals surface area contributed by atoms with Crippen molar-refractivity contribution in [3.8, 4) is 11.1 Å². The minimum absolute atomic E-state index is 0.00134. The maximum atomic E-state index is 13.9.